The molecule has 0 heterocycles. The van der Waals surface area contributed by atoms with Crippen molar-refractivity contribution < 1.29 is 14.3 Å². The van der Waals surface area contributed by atoms with Gasteiger partial charge >= 0.3 is 5.97 Å². The molecule has 1 atom stereocenters. The summed E-state index contributed by atoms with van der Waals surface area (Å²) in [5.41, 5.74) is -0.549. The summed E-state index contributed by atoms with van der Waals surface area (Å²) in [4.78, 5) is 22.4. The molecule has 4 heteroatoms. The molecule has 0 aliphatic carbocycles. The Labute approximate surface area is 90.4 Å². The van der Waals surface area contributed by atoms with Gasteiger partial charge in [-0.1, -0.05) is 5.92 Å². The van der Waals surface area contributed by atoms with E-state index in [9.17, 15) is 9.59 Å². The molecule has 0 saturated carbocycles. The van der Waals surface area contributed by atoms with Crippen LogP contribution in [0.3, 0.4) is 0 Å². The molecule has 15 heavy (non-hydrogen) atoms. The zero-order chi connectivity index (χ0) is 12.1. The van der Waals surface area contributed by atoms with Gasteiger partial charge in [0.25, 0.3) is 5.91 Å². The minimum Gasteiger partial charge on any atom is -0.458 e. The van der Waals surface area contributed by atoms with E-state index in [2.05, 4.69) is 17.2 Å². The third-order valence-electron chi connectivity index (χ3n) is 1.35. The third kappa shape index (κ3) is 6.55. The first-order chi connectivity index (χ1) is 6.76. The molecule has 0 fully saturated rings. The number of amides is 1. The Balaban J connectivity index is 4.21. The molecule has 0 aliphatic heterocycles. The van der Waals surface area contributed by atoms with Gasteiger partial charge in [0, 0.05) is 0 Å². The lowest BCUT2D eigenvalue weighted by atomic mass is 10.2. The van der Waals surface area contributed by atoms with Crippen LogP contribution < -0.4 is 5.32 Å². The highest BCUT2D eigenvalue weighted by molar-refractivity contribution is 5.96. The fraction of sp³-hybridized carbons (Fsp3) is 0.636. The molecule has 4 nitrogen and oxygen atoms in total. The highest BCUT2D eigenvalue weighted by atomic mass is 16.6. The Hall–Kier alpha value is -1.50. The third-order valence-corrected chi connectivity index (χ3v) is 1.35. The van der Waals surface area contributed by atoms with Crippen LogP contribution in [0.1, 0.15) is 34.6 Å². The topological polar surface area (TPSA) is 55.4 Å². The molecule has 0 radical (unpaired) electrons. The summed E-state index contributed by atoms with van der Waals surface area (Å²) < 4.78 is 5.08. The molecular formula is C11H17NO3. The maximum atomic E-state index is 11.4. The number of hydrogen-bond donors (Lipinski definition) is 1. The molecular weight excluding hydrogens is 194 g/mol. The van der Waals surface area contributed by atoms with Crippen molar-refractivity contribution >= 4 is 11.9 Å². The largest absolute Gasteiger partial charge is 0.458 e. The lowest BCUT2D eigenvalue weighted by Crippen LogP contribution is -2.41. The second-order valence-electron chi connectivity index (χ2n) is 4.10. The van der Waals surface area contributed by atoms with E-state index in [1.54, 1.807) is 34.6 Å². The van der Waals surface area contributed by atoms with E-state index in [0.29, 0.717) is 0 Å². The highest BCUT2D eigenvalue weighted by Crippen LogP contribution is 2.08. The van der Waals surface area contributed by atoms with E-state index in [-0.39, 0.29) is 0 Å². The summed E-state index contributed by atoms with van der Waals surface area (Å²) in [5, 5.41) is 2.42. The first-order valence-electron chi connectivity index (χ1n) is 4.72. The molecule has 0 spiro atoms. The maximum absolute atomic E-state index is 11.4. The van der Waals surface area contributed by atoms with Crippen LogP contribution in [0.25, 0.3) is 0 Å². The first-order valence-corrected chi connectivity index (χ1v) is 4.72. The predicted octanol–water partition coefficient (Wildman–Crippen LogP) is 0.856. The van der Waals surface area contributed by atoms with Gasteiger partial charge in [-0.15, -0.1) is 0 Å². The number of nitrogens with one attached hydrogen (secondary N) is 1. The van der Waals surface area contributed by atoms with Gasteiger partial charge < -0.3 is 10.1 Å². The molecule has 0 saturated heterocycles. The van der Waals surface area contributed by atoms with Crippen LogP contribution in [0.4, 0.5) is 0 Å². The minimum atomic E-state index is -0.683. The van der Waals surface area contributed by atoms with E-state index < -0.39 is 23.5 Å². The molecule has 0 aliphatic rings. The molecule has 0 aromatic heterocycles. The van der Waals surface area contributed by atoms with Gasteiger partial charge in [-0.3, -0.25) is 4.79 Å². The summed E-state index contributed by atoms with van der Waals surface area (Å²) in [6.45, 7) is 8.42. The summed E-state index contributed by atoms with van der Waals surface area (Å²) >= 11 is 0. The number of esters is 1. The van der Waals surface area contributed by atoms with E-state index in [0.717, 1.165) is 0 Å². The van der Waals surface area contributed by atoms with E-state index >= 15 is 0 Å². The van der Waals surface area contributed by atoms with Crippen molar-refractivity contribution in [2.75, 3.05) is 0 Å². The molecule has 0 aromatic carbocycles. The lowest BCUT2D eigenvalue weighted by molar-refractivity contribution is -0.157. The number of rotatable bonds is 2. The number of carbonyl (C=O) groups is 2. The second-order valence-corrected chi connectivity index (χ2v) is 4.10. The Morgan fingerprint density at radius 2 is 1.87 bits per heavy atom. The van der Waals surface area contributed by atoms with E-state index in [1.165, 1.54) is 0 Å². The summed E-state index contributed by atoms with van der Waals surface area (Å²) in [7, 11) is 0. The van der Waals surface area contributed by atoms with Gasteiger partial charge in [0.05, 0.1) is 0 Å². The Morgan fingerprint density at radius 1 is 1.33 bits per heavy atom. The molecule has 84 valence electrons. The normalized spacial score (nSPS) is 12.1. The number of ether oxygens (including phenoxy) is 1. The van der Waals surface area contributed by atoms with Crippen LogP contribution >= 0.6 is 0 Å². The second kappa shape index (κ2) is 5.40. The fourth-order valence-electron chi connectivity index (χ4n) is 0.795. The minimum absolute atomic E-state index is 0.464. The Bertz CT molecular complexity index is 304. The van der Waals surface area contributed by atoms with Gasteiger partial charge in [0.15, 0.2) is 0 Å². The lowest BCUT2D eigenvalue weighted by Gasteiger charge is -2.22. The summed E-state index contributed by atoms with van der Waals surface area (Å²) in [6.07, 6.45) is 0. The summed E-state index contributed by atoms with van der Waals surface area (Å²) in [5.74, 6) is 3.79. The van der Waals surface area contributed by atoms with Crippen molar-refractivity contribution in [3.05, 3.63) is 0 Å². The standard InChI is InChI=1S/C11H17NO3/c1-6-7-9(13)12-8(2)10(14)15-11(3,4)5/h8H,1-5H3,(H,12,13)/t8-/m1/s1. The van der Waals surface area contributed by atoms with Crippen molar-refractivity contribution in [3.63, 3.8) is 0 Å². The molecule has 0 aromatic rings. The molecule has 0 rings (SSSR count). The molecule has 0 unspecified atom stereocenters. The van der Waals surface area contributed by atoms with E-state index in [4.69, 9.17) is 4.74 Å². The zero-order valence-corrected chi connectivity index (χ0v) is 9.80. The number of hydrogen-bond acceptors (Lipinski definition) is 3. The molecule has 1 N–H and O–H groups in total. The van der Waals surface area contributed by atoms with Crippen molar-refractivity contribution in [2.45, 2.75) is 46.3 Å². The van der Waals surface area contributed by atoms with Gasteiger partial charge in [-0.05, 0) is 40.5 Å². The monoisotopic (exact) mass is 211 g/mol. The first kappa shape index (κ1) is 13.5. The Kier molecular flexibility index (Phi) is 4.86. The maximum Gasteiger partial charge on any atom is 0.328 e. The van der Waals surface area contributed by atoms with Crippen molar-refractivity contribution in [1.29, 1.82) is 0 Å². The fourth-order valence-corrected chi connectivity index (χ4v) is 0.795. The average Bonchev–Trinajstić information content (AvgIpc) is 2.00. The van der Waals surface area contributed by atoms with Gasteiger partial charge in [-0.2, -0.15) is 0 Å². The van der Waals surface area contributed by atoms with Crippen molar-refractivity contribution in [3.8, 4) is 11.8 Å². The van der Waals surface area contributed by atoms with Crippen LogP contribution in [0.5, 0.6) is 0 Å². The number of carbonyl (C=O) groups excluding carboxylic acids is 2. The highest BCUT2D eigenvalue weighted by Gasteiger charge is 2.22. The van der Waals surface area contributed by atoms with Gasteiger partial charge in [0.1, 0.15) is 11.6 Å². The van der Waals surface area contributed by atoms with E-state index in [1.807, 2.05) is 0 Å². The molecule has 1 amide bonds. The van der Waals surface area contributed by atoms with Crippen LogP contribution in [-0.2, 0) is 14.3 Å². The summed E-state index contributed by atoms with van der Waals surface area (Å²) in [6, 6.07) is -0.683. The quantitative estimate of drug-likeness (QED) is 0.544. The van der Waals surface area contributed by atoms with Crippen LogP contribution in [0, 0.1) is 11.8 Å². The SMILES string of the molecule is CC#CC(=O)N[C@H](C)C(=O)OC(C)(C)C. The van der Waals surface area contributed by atoms with Crippen LogP contribution in [0.15, 0.2) is 0 Å². The van der Waals surface area contributed by atoms with Crippen LogP contribution in [-0.4, -0.2) is 23.5 Å². The zero-order valence-electron chi connectivity index (χ0n) is 9.80. The van der Waals surface area contributed by atoms with Crippen LogP contribution in [0.2, 0.25) is 0 Å². The van der Waals surface area contributed by atoms with Crippen molar-refractivity contribution in [2.24, 2.45) is 0 Å². The average molecular weight is 211 g/mol. The van der Waals surface area contributed by atoms with Gasteiger partial charge in [0.2, 0.25) is 0 Å². The Morgan fingerprint density at radius 3 is 2.27 bits per heavy atom. The van der Waals surface area contributed by atoms with Crippen molar-refractivity contribution in [1.82, 2.24) is 5.32 Å². The smallest absolute Gasteiger partial charge is 0.328 e. The predicted molar refractivity (Wildman–Crippen MR) is 56.9 cm³/mol. The molecule has 0 bridgehead atoms. The van der Waals surface area contributed by atoms with Gasteiger partial charge in [-0.25, -0.2) is 4.79 Å².